The van der Waals surface area contributed by atoms with Gasteiger partial charge in [0.25, 0.3) is 0 Å². The molecule has 1 aliphatic rings. The molecule has 0 spiro atoms. The van der Waals surface area contributed by atoms with E-state index in [2.05, 4.69) is 10.6 Å². The number of carbonyl (C=O) groups excluding carboxylic acids is 1. The van der Waals surface area contributed by atoms with Gasteiger partial charge in [-0.3, -0.25) is 0 Å². The number of thiocarbonyl (C=S) groups is 1. The van der Waals surface area contributed by atoms with Crippen molar-refractivity contribution in [3.8, 4) is 5.75 Å². The van der Waals surface area contributed by atoms with Crippen LogP contribution in [0.5, 0.6) is 5.75 Å². The highest BCUT2D eigenvalue weighted by Gasteiger charge is 2.30. The van der Waals surface area contributed by atoms with Gasteiger partial charge in [0.1, 0.15) is 12.4 Å². The molecule has 0 bridgehead atoms. The monoisotopic (exact) mass is 336 g/mol. The molecule has 1 aliphatic heterocycles. The molecule has 0 unspecified atom stereocenters. The number of hydrogen-bond acceptors (Lipinski definition) is 5. The highest BCUT2D eigenvalue weighted by Crippen LogP contribution is 2.28. The number of ether oxygens (including phenoxy) is 3. The molecule has 0 fully saturated rings. The Labute approximate surface area is 140 Å². The Morgan fingerprint density at radius 2 is 1.91 bits per heavy atom. The van der Waals surface area contributed by atoms with Crippen LogP contribution in [-0.2, 0) is 14.3 Å². The highest BCUT2D eigenvalue weighted by atomic mass is 32.1. The lowest BCUT2D eigenvalue weighted by Gasteiger charge is -2.30. The third kappa shape index (κ3) is 4.20. The lowest BCUT2D eigenvalue weighted by atomic mass is 9.95. The van der Waals surface area contributed by atoms with Crippen molar-refractivity contribution in [2.45, 2.75) is 13.0 Å². The van der Waals surface area contributed by atoms with E-state index in [9.17, 15) is 4.79 Å². The second kappa shape index (κ2) is 7.94. The normalized spacial score (nSPS) is 17.3. The third-order valence-corrected chi connectivity index (χ3v) is 3.68. The van der Waals surface area contributed by atoms with Crippen LogP contribution in [0.1, 0.15) is 18.5 Å². The summed E-state index contributed by atoms with van der Waals surface area (Å²) in [6.07, 6.45) is 0. The number of carbonyl (C=O) groups is 1. The van der Waals surface area contributed by atoms with Crippen LogP contribution in [0.25, 0.3) is 0 Å². The van der Waals surface area contributed by atoms with Crippen LogP contribution >= 0.6 is 12.2 Å². The molecule has 0 radical (unpaired) electrons. The van der Waals surface area contributed by atoms with Crippen LogP contribution in [0.3, 0.4) is 0 Å². The Morgan fingerprint density at radius 1 is 1.22 bits per heavy atom. The van der Waals surface area contributed by atoms with E-state index in [1.54, 1.807) is 21.1 Å². The molecule has 1 heterocycles. The van der Waals surface area contributed by atoms with Gasteiger partial charge >= 0.3 is 5.97 Å². The lowest BCUT2D eigenvalue weighted by molar-refractivity contribution is -0.140. The minimum Gasteiger partial charge on any atom is -0.497 e. The molecule has 2 rings (SSSR count). The van der Waals surface area contributed by atoms with Crippen molar-refractivity contribution in [2.24, 2.45) is 0 Å². The fourth-order valence-corrected chi connectivity index (χ4v) is 2.58. The van der Waals surface area contributed by atoms with Gasteiger partial charge in [0, 0.05) is 12.8 Å². The van der Waals surface area contributed by atoms with Gasteiger partial charge in [0.2, 0.25) is 0 Å². The number of benzene rings is 1. The molecule has 7 heteroatoms. The van der Waals surface area contributed by atoms with Crippen molar-refractivity contribution in [3.63, 3.8) is 0 Å². The van der Waals surface area contributed by atoms with Gasteiger partial charge in [-0.1, -0.05) is 12.1 Å². The van der Waals surface area contributed by atoms with Crippen LogP contribution in [0.4, 0.5) is 0 Å². The number of nitrogens with one attached hydrogen (secondary N) is 2. The van der Waals surface area contributed by atoms with E-state index in [-0.39, 0.29) is 12.6 Å². The van der Waals surface area contributed by atoms with Crippen LogP contribution in [0.15, 0.2) is 35.5 Å². The number of methoxy groups -OCH3 is 2. The fraction of sp³-hybridized carbons (Fsp3) is 0.375. The van der Waals surface area contributed by atoms with Gasteiger partial charge in [-0.2, -0.15) is 0 Å². The second-order valence-electron chi connectivity index (χ2n) is 4.97. The Balaban J connectivity index is 2.27. The minimum absolute atomic E-state index is 0.200. The average Bonchev–Trinajstić information content (AvgIpc) is 2.54. The fourth-order valence-electron chi connectivity index (χ4n) is 2.31. The summed E-state index contributed by atoms with van der Waals surface area (Å²) in [5.74, 6) is 0.345. The second-order valence-corrected chi connectivity index (χ2v) is 5.38. The molecule has 23 heavy (non-hydrogen) atoms. The zero-order valence-corrected chi connectivity index (χ0v) is 14.2. The topological polar surface area (TPSA) is 68.8 Å². The maximum absolute atomic E-state index is 12.4. The molecule has 1 aromatic rings. The first-order valence-corrected chi connectivity index (χ1v) is 7.56. The predicted molar refractivity (Wildman–Crippen MR) is 90.1 cm³/mol. The summed E-state index contributed by atoms with van der Waals surface area (Å²) in [6.45, 7) is 2.35. The van der Waals surface area contributed by atoms with Gasteiger partial charge in [-0.15, -0.1) is 0 Å². The molecule has 2 N–H and O–H groups in total. The summed E-state index contributed by atoms with van der Waals surface area (Å²) in [5, 5.41) is 6.55. The van der Waals surface area contributed by atoms with E-state index in [0.29, 0.717) is 23.0 Å². The van der Waals surface area contributed by atoms with Crippen molar-refractivity contribution < 1.29 is 19.0 Å². The molecule has 0 saturated carbocycles. The number of hydrogen-bond donors (Lipinski definition) is 2. The molecule has 124 valence electrons. The molecule has 1 atom stereocenters. The van der Waals surface area contributed by atoms with E-state index >= 15 is 0 Å². The van der Waals surface area contributed by atoms with E-state index in [0.717, 1.165) is 11.3 Å². The minimum atomic E-state index is -0.400. The first-order chi connectivity index (χ1) is 11.1. The summed E-state index contributed by atoms with van der Waals surface area (Å²) < 4.78 is 15.3. The van der Waals surface area contributed by atoms with Crippen LogP contribution < -0.4 is 15.4 Å². The van der Waals surface area contributed by atoms with Crippen LogP contribution in [-0.4, -0.2) is 38.5 Å². The van der Waals surface area contributed by atoms with Crippen molar-refractivity contribution in [2.75, 3.05) is 27.4 Å². The van der Waals surface area contributed by atoms with Gasteiger partial charge in [0.05, 0.1) is 25.3 Å². The zero-order chi connectivity index (χ0) is 16.8. The van der Waals surface area contributed by atoms with Gasteiger partial charge in [0.15, 0.2) is 5.11 Å². The summed E-state index contributed by atoms with van der Waals surface area (Å²) in [5.41, 5.74) is 2.07. The summed E-state index contributed by atoms with van der Waals surface area (Å²) >= 11 is 5.20. The summed E-state index contributed by atoms with van der Waals surface area (Å²) in [7, 11) is 3.16. The zero-order valence-electron chi connectivity index (χ0n) is 13.3. The smallest absolute Gasteiger partial charge is 0.338 e. The lowest BCUT2D eigenvalue weighted by Crippen LogP contribution is -2.45. The van der Waals surface area contributed by atoms with Crippen molar-refractivity contribution >= 4 is 23.3 Å². The Hall–Kier alpha value is -2.12. The van der Waals surface area contributed by atoms with Crippen molar-refractivity contribution in [3.05, 3.63) is 41.1 Å². The molecule has 0 aromatic heterocycles. The Morgan fingerprint density at radius 3 is 2.52 bits per heavy atom. The van der Waals surface area contributed by atoms with E-state index in [4.69, 9.17) is 26.4 Å². The maximum atomic E-state index is 12.4. The van der Waals surface area contributed by atoms with Gasteiger partial charge < -0.3 is 24.8 Å². The molecule has 0 amide bonds. The van der Waals surface area contributed by atoms with Gasteiger partial charge in [-0.05, 0) is 36.8 Å². The largest absolute Gasteiger partial charge is 0.497 e. The molecule has 6 nitrogen and oxygen atoms in total. The molecule has 1 aromatic carbocycles. The SMILES string of the molecule is COCCOC(=O)C1=C(C)NC(=S)N[C@H]1c1ccc(OC)cc1. The van der Waals surface area contributed by atoms with E-state index in [1.807, 2.05) is 24.3 Å². The van der Waals surface area contributed by atoms with Crippen LogP contribution in [0.2, 0.25) is 0 Å². The number of allylic oxidation sites excluding steroid dienone is 1. The standard InChI is InChI=1S/C16H20N2O4S/c1-10-13(15(19)22-9-8-20-2)14(18-16(23)17-10)11-4-6-12(21-3)7-5-11/h4-7,14H,8-9H2,1-3H3,(H2,17,18,23)/t14-/m0/s1. The third-order valence-electron chi connectivity index (χ3n) is 3.46. The highest BCUT2D eigenvalue weighted by molar-refractivity contribution is 7.80. The van der Waals surface area contributed by atoms with Gasteiger partial charge in [-0.25, -0.2) is 4.79 Å². The molecular weight excluding hydrogens is 316 g/mol. The molecule has 0 saturated heterocycles. The van der Waals surface area contributed by atoms with Crippen molar-refractivity contribution in [1.29, 1.82) is 0 Å². The van der Waals surface area contributed by atoms with E-state index in [1.165, 1.54) is 0 Å². The van der Waals surface area contributed by atoms with E-state index < -0.39 is 5.97 Å². The maximum Gasteiger partial charge on any atom is 0.338 e. The summed E-state index contributed by atoms with van der Waals surface area (Å²) in [4.78, 5) is 12.4. The first-order valence-electron chi connectivity index (χ1n) is 7.15. The quantitative estimate of drug-likeness (QED) is 0.465. The van der Waals surface area contributed by atoms with Crippen LogP contribution in [0, 0.1) is 0 Å². The number of esters is 1. The average molecular weight is 336 g/mol. The molecular formula is C16H20N2O4S. The Kier molecular flexibility index (Phi) is 5.95. The summed E-state index contributed by atoms with van der Waals surface area (Å²) in [6, 6.07) is 7.08. The Bertz CT molecular complexity index is 613. The predicted octanol–water partition coefficient (Wildman–Crippen LogP) is 1.68. The first kappa shape index (κ1) is 17.2. The van der Waals surface area contributed by atoms with Crippen molar-refractivity contribution in [1.82, 2.24) is 10.6 Å². The molecule has 0 aliphatic carbocycles. The number of rotatable bonds is 6.